The monoisotopic (exact) mass is 396 g/mol. The van der Waals surface area contributed by atoms with Crippen LogP contribution in [0.1, 0.15) is 33.6 Å². The van der Waals surface area contributed by atoms with Crippen molar-refractivity contribution in [3.63, 3.8) is 0 Å². The molecule has 1 fully saturated rings. The van der Waals surface area contributed by atoms with Gasteiger partial charge >= 0.3 is 5.97 Å². The number of carbonyl (C=O) groups is 3. The van der Waals surface area contributed by atoms with E-state index in [4.69, 9.17) is 9.84 Å². The van der Waals surface area contributed by atoms with E-state index in [0.717, 1.165) is 5.69 Å². The van der Waals surface area contributed by atoms with Crippen molar-refractivity contribution in [2.45, 2.75) is 25.0 Å². The van der Waals surface area contributed by atoms with Gasteiger partial charge in [-0.25, -0.2) is 0 Å². The number of hydrogen-bond acceptors (Lipinski definition) is 4. The van der Waals surface area contributed by atoms with E-state index in [2.05, 4.69) is 0 Å². The zero-order chi connectivity index (χ0) is 21.0. The second-order valence-electron chi connectivity index (χ2n) is 7.08. The van der Waals surface area contributed by atoms with E-state index in [0.29, 0.717) is 24.1 Å². The molecule has 2 unspecified atom stereocenters. The zero-order valence-corrected chi connectivity index (χ0v) is 16.4. The van der Waals surface area contributed by atoms with E-state index >= 15 is 0 Å². The van der Waals surface area contributed by atoms with Crippen molar-refractivity contribution in [2.75, 3.05) is 25.6 Å². The van der Waals surface area contributed by atoms with Crippen LogP contribution in [0.2, 0.25) is 0 Å². The standard InChI is InChI=1S/C22H24N2O5/c1-23(17-9-4-3-5-10-17)21(27)15-7-6-8-16(11-15)22(28)24-14-19(29-2)12-18(24)13-20(25)26/h3-11,18-19H,12-14H2,1-2H3,(H,25,26). The topological polar surface area (TPSA) is 87.1 Å². The van der Waals surface area contributed by atoms with Gasteiger partial charge in [0, 0.05) is 43.6 Å². The van der Waals surface area contributed by atoms with E-state index < -0.39 is 12.0 Å². The third kappa shape index (κ3) is 4.63. The molecule has 2 aromatic rings. The minimum absolute atomic E-state index is 0.138. The van der Waals surface area contributed by atoms with Gasteiger partial charge in [0.25, 0.3) is 11.8 Å². The summed E-state index contributed by atoms with van der Waals surface area (Å²) in [6.45, 7) is 0.329. The molecule has 0 saturated carbocycles. The average Bonchev–Trinajstić information content (AvgIpc) is 3.15. The first-order chi connectivity index (χ1) is 13.9. The van der Waals surface area contributed by atoms with Crippen LogP contribution in [-0.2, 0) is 9.53 Å². The molecule has 7 heteroatoms. The van der Waals surface area contributed by atoms with Crippen LogP contribution in [0.25, 0.3) is 0 Å². The molecule has 29 heavy (non-hydrogen) atoms. The highest BCUT2D eigenvalue weighted by atomic mass is 16.5. The molecule has 1 heterocycles. The molecule has 152 valence electrons. The number of ether oxygens (including phenoxy) is 1. The number of para-hydroxylation sites is 1. The van der Waals surface area contributed by atoms with Crippen molar-refractivity contribution in [1.82, 2.24) is 4.90 Å². The first kappa shape index (κ1) is 20.5. The SMILES string of the molecule is COC1CC(CC(=O)O)N(C(=O)c2cccc(C(=O)N(C)c3ccccc3)c2)C1. The molecule has 2 atom stereocenters. The van der Waals surface area contributed by atoms with Crippen LogP contribution >= 0.6 is 0 Å². The van der Waals surface area contributed by atoms with Crippen molar-refractivity contribution in [1.29, 1.82) is 0 Å². The number of nitrogens with zero attached hydrogens (tertiary/aromatic N) is 2. The molecule has 2 aromatic carbocycles. The van der Waals surface area contributed by atoms with E-state index in [-0.39, 0.29) is 24.3 Å². The lowest BCUT2D eigenvalue weighted by atomic mass is 10.1. The summed E-state index contributed by atoms with van der Waals surface area (Å²) >= 11 is 0. The fourth-order valence-corrected chi connectivity index (χ4v) is 3.60. The maximum Gasteiger partial charge on any atom is 0.305 e. The molecule has 1 aliphatic rings. The molecule has 1 N–H and O–H groups in total. The predicted octanol–water partition coefficient (Wildman–Crippen LogP) is 2.67. The van der Waals surface area contributed by atoms with Gasteiger partial charge < -0.3 is 19.6 Å². The van der Waals surface area contributed by atoms with E-state index in [9.17, 15) is 14.4 Å². The van der Waals surface area contributed by atoms with Gasteiger partial charge in [-0.15, -0.1) is 0 Å². The smallest absolute Gasteiger partial charge is 0.305 e. The Balaban J connectivity index is 1.82. The van der Waals surface area contributed by atoms with Crippen LogP contribution in [0.3, 0.4) is 0 Å². The molecule has 0 aliphatic carbocycles. The lowest BCUT2D eigenvalue weighted by Crippen LogP contribution is -2.37. The number of carboxylic acids is 1. The highest BCUT2D eigenvalue weighted by Crippen LogP contribution is 2.25. The van der Waals surface area contributed by atoms with Crippen molar-refractivity contribution >= 4 is 23.5 Å². The Hall–Kier alpha value is -3.19. The second-order valence-corrected chi connectivity index (χ2v) is 7.08. The van der Waals surface area contributed by atoms with Crippen molar-refractivity contribution in [3.05, 3.63) is 65.7 Å². The number of aliphatic carboxylic acids is 1. The Kier molecular flexibility index (Phi) is 6.29. The number of anilines is 1. The van der Waals surface area contributed by atoms with Gasteiger partial charge in [-0.1, -0.05) is 24.3 Å². The molecule has 0 aromatic heterocycles. The summed E-state index contributed by atoms with van der Waals surface area (Å²) in [4.78, 5) is 40.2. The summed E-state index contributed by atoms with van der Waals surface area (Å²) in [6.07, 6.45) is 0.141. The number of rotatable bonds is 6. The maximum atomic E-state index is 13.1. The minimum Gasteiger partial charge on any atom is -0.481 e. The number of benzene rings is 2. The predicted molar refractivity (Wildman–Crippen MR) is 108 cm³/mol. The molecule has 2 amide bonds. The molecule has 1 aliphatic heterocycles. The Bertz CT molecular complexity index is 899. The van der Waals surface area contributed by atoms with Gasteiger partial charge in [-0.3, -0.25) is 14.4 Å². The number of hydrogen-bond donors (Lipinski definition) is 1. The van der Waals surface area contributed by atoms with Crippen molar-refractivity contribution in [2.24, 2.45) is 0 Å². The Morgan fingerprint density at radius 2 is 1.79 bits per heavy atom. The molecule has 0 spiro atoms. The molecule has 1 saturated heterocycles. The van der Waals surface area contributed by atoms with Crippen LogP contribution in [0, 0.1) is 0 Å². The van der Waals surface area contributed by atoms with Gasteiger partial charge in [0.15, 0.2) is 0 Å². The van der Waals surface area contributed by atoms with Crippen LogP contribution in [0.4, 0.5) is 5.69 Å². The third-order valence-corrected chi connectivity index (χ3v) is 5.19. The molecular weight excluding hydrogens is 372 g/mol. The van der Waals surface area contributed by atoms with Crippen LogP contribution in [0.15, 0.2) is 54.6 Å². The van der Waals surface area contributed by atoms with Crippen LogP contribution < -0.4 is 4.90 Å². The number of likely N-dealkylation sites (tertiary alicyclic amines) is 1. The maximum absolute atomic E-state index is 13.1. The Morgan fingerprint density at radius 3 is 2.45 bits per heavy atom. The molecular formula is C22H24N2O5. The van der Waals surface area contributed by atoms with Crippen molar-refractivity contribution < 1.29 is 24.2 Å². The first-order valence-corrected chi connectivity index (χ1v) is 9.39. The van der Waals surface area contributed by atoms with Gasteiger partial charge in [0.2, 0.25) is 0 Å². The van der Waals surface area contributed by atoms with E-state index in [1.54, 1.807) is 38.4 Å². The molecule has 0 bridgehead atoms. The molecule has 3 rings (SSSR count). The highest BCUT2D eigenvalue weighted by Gasteiger charge is 2.37. The quantitative estimate of drug-likeness (QED) is 0.811. The summed E-state index contributed by atoms with van der Waals surface area (Å²) in [5.41, 5.74) is 1.49. The fraction of sp³-hybridized carbons (Fsp3) is 0.318. The summed E-state index contributed by atoms with van der Waals surface area (Å²) < 4.78 is 5.33. The summed E-state index contributed by atoms with van der Waals surface area (Å²) in [6, 6.07) is 15.3. The lowest BCUT2D eigenvalue weighted by Gasteiger charge is -2.24. The third-order valence-electron chi connectivity index (χ3n) is 5.19. The lowest BCUT2D eigenvalue weighted by molar-refractivity contribution is -0.138. The average molecular weight is 396 g/mol. The van der Waals surface area contributed by atoms with Gasteiger partial charge in [0.1, 0.15) is 0 Å². The second kappa shape index (κ2) is 8.87. The number of carbonyl (C=O) groups excluding carboxylic acids is 2. The van der Waals surface area contributed by atoms with E-state index in [1.807, 2.05) is 30.3 Å². The Morgan fingerprint density at radius 1 is 1.10 bits per heavy atom. The van der Waals surface area contributed by atoms with Gasteiger partial charge in [0.05, 0.1) is 12.5 Å². The fourth-order valence-electron chi connectivity index (χ4n) is 3.60. The van der Waals surface area contributed by atoms with Crippen LogP contribution in [-0.4, -0.2) is 60.6 Å². The van der Waals surface area contributed by atoms with Crippen molar-refractivity contribution in [3.8, 4) is 0 Å². The van der Waals surface area contributed by atoms with Gasteiger partial charge in [-0.2, -0.15) is 0 Å². The van der Waals surface area contributed by atoms with E-state index in [1.165, 1.54) is 9.80 Å². The number of methoxy groups -OCH3 is 1. The number of carboxylic acid groups (broad SMARTS) is 1. The first-order valence-electron chi connectivity index (χ1n) is 9.39. The largest absolute Gasteiger partial charge is 0.481 e. The molecule has 0 radical (unpaired) electrons. The number of amides is 2. The highest BCUT2D eigenvalue weighted by molar-refractivity contribution is 6.07. The Labute approximate surface area is 169 Å². The molecule has 7 nitrogen and oxygen atoms in total. The summed E-state index contributed by atoms with van der Waals surface area (Å²) in [7, 11) is 3.23. The normalized spacial score (nSPS) is 18.5. The van der Waals surface area contributed by atoms with Gasteiger partial charge in [-0.05, 0) is 36.8 Å². The minimum atomic E-state index is -0.960. The zero-order valence-electron chi connectivity index (χ0n) is 16.4. The summed E-state index contributed by atoms with van der Waals surface area (Å²) in [5.74, 6) is -1.49. The summed E-state index contributed by atoms with van der Waals surface area (Å²) in [5, 5.41) is 9.16. The van der Waals surface area contributed by atoms with Crippen LogP contribution in [0.5, 0.6) is 0 Å².